The minimum atomic E-state index is -1.15. The summed E-state index contributed by atoms with van der Waals surface area (Å²) in [5.41, 5.74) is -0.156. The van der Waals surface area contributed by atoms with Gasteiger partial charge in [0.15, 0.2) is 29.6 Å². The van der Waals surface area contributed by atoms with Crippen molar-refractivity contribution in [3.05, 3.63) is 73.9 Å². The summed E-state index contributed by atoms with van der Waals surface area (Å²) in [7, 11) is 0. The van der Waals surface area contributed by atoms with Crippen LogP contribution in [0, 0.1) is 17.8 Å². The van der Waals surface area contributed by atoms with Gasteiger partial charge in [-0.3, -0.25) is 4.79 Å². The number of hydrogen-bond donors (Lipinski definition) is 0. The summed E-state index contributed by atoms with van der Waals surface area (Å²) in [6.07, 6.45) is 4.91. The third kappa shape index (κ3) is 3.96. The van der Waals surface area contributed by atoms with Gasteiger partial charge in [0.05, 0.1) is 6.61 Å². The number of carbonyl (C=O) groups excluding carboxylic acids is 1. The Hall–Kier alpha value is -2.05. The number of hydrogen-bond acceptors (Lipinski definition) is 5. The van der Waals surface area contributed by atoms with Gasteiger partial charge in [0, 0.05) is 5.92 Å². The fourth-order valence-electron chi connectivity index (χ4n) is 5.12. The van der Waals surface area contributed by atoms with E-state index in [1.54, 1.807) is 6.08 Å². The normalized spacial score (nSPS) is 38.5. The lowest BCUT2D eigenvalue weighted by Gasteiger charge is -2.36. The van der Waals surface area contributed by atoms with Crippen molar-refractivity contribution in [2.24, 2.45) is 17.8 Å². The lowest BCUT2D eigenvalue weighted by Crippen LogP contribution is -2.53. The fourth-order valence-corrected chi connectivity index (χ4v) is 5.12. The fraction of sp³-hybridized carbons (Fsp3) is 0.500. The van der Waals surface area contributed by atoms with E-state index in [0.29, 0.717) is 6.61 Å². The van der Waals surface area contributed by atoms with Crippen LogP contribution in [0.15, 0.2) is 68.3 Å². The summed E-state index contributed by atoms with van der Waals surface area (Å²) in [6.45, 7) is 15.9. The molecule has 1 aromatic rings. The van der Waals surface area contributed by atoms with Crippen molar-refractivity contribution < 1.29 is 23.7 Å². The van der Waals surface area contributed by atoms with Crippen LogP contribution >= 0.6 is 0 Å². The molecule has 4 rings (SSSR count). The zero-order chi connectivity index (χ0) is 22.2. The van der Waals surface area contributed by atoms with Crippen LogP contribution in [0.1, 0.15) is 32.3 Å². The molecule has 3 fully saturated rings. The number of Topliss-reactive ketones (excluding diaryl/α,β-unsaturated/α-hetero) is 1. The largest absolute Gasteiger partial charge is 0.360 e. The molecule has 0 bridgehead atoms. The highest BCUT2D eigenvalue weighted by Gasteiger charge is 2.66. The second-order valence-corrected chi connectivity index (χ2v) is 9.15. The van der Waals surface area contributed by atoms with Gasteiger partial charge in [-0.2, -0.15) is 0 Å². The third-order valence-electron chi connectivity index (χ3n) is 6.74. The zero-order valence-corrected chi connectivity index (χ0v) is 18.4. The Bertz CT molecular complexity index is 847. The summed E-state index contributed by atoms with van der Waals surface area (Å²) in [4.78, 5) is 13.8. The summed E-state index contributed by atoms with van der Waals surface area (Å²) >= 11 is 0. The quantitative estimate of drug-likeness (QED) is 0.572. The molecule has 0 amide bonds. The summed E-state index contributed by atoms with van der Waals surface area (Å²) < 4.78 is 24.8. The molecular formula is C26H32O5. The molecule has 2 aliphatic heterocycles. The first-order valence-electron chi connectivity index (χ1n) is 10.9. The van der Waals surface area contributed by atoms with Crippen LogP contribution in [0.3, 0.4) is 0 Å². The van der Waals surface area contributed by atoms with Crippen molar-refractivity contribution in [1.29, 1.82) is 0 Å². The highest BCUT2D eigenvalue weighted by molar-refractivity contribution is 5.88. The standard InChI is InChI=1S/C26H32O5/c1-6-17-14-19(7-2)20(15-17)21(27)22-26(8-3,28-16-18-12-10-9-11-13-18)23-24(29-22)31-25(4,5)30-23/h6-13,17,19-20,22-24H,1-3,14-16H2,4-5H3/t17-,19+,20-,22+,23-,24+,26+/m0/s1. The van der Waals surface area contributed by atoms with Crippen LogP contribution in [0.4, 0.5) is 0 Å². The van der Waals surface area contributed by atoms with E-state index in [-0.39, 0.29) is 23.5 Å². The minimum absolute atomic E-state index is 0.0124. The molecule has 0 N–H and O–H groups in total. The molecule has 0 radical (unpaired) electrons. The molecule has 0 aromatic heterocycles. The first kappa shape index (κ1) is 22.2. The monoisotopic (exact) mass is 424 g/mol. The lowest BCUT2D eigenvalue weighted by atomic mass is 9.81. The van der Waals surface area contributed by atoms with Crippen LogP contribution in [-0.4, -0.2) is 35.7 Å². The highest BCUT2D eigenvalue weighted by Crippen LogP contribution is 2.49. The van der Waals surface area contributed by atoms with E-state index >= 15 is 0 Å². The van der Waals surface area contributed by atoms with E-state index in [9.17, 15) is 4.79 Å². The van der Waals surface area contributed by atoms with Crippen LogP contribution in [0.5, 0.6) is 0 Å². The second-order valence-electron chi connectivity index (χ2n) is 9.15. The highest BCUT2D eigenvalue weighted by atomic mass is 16.8. The summed E-state index contributed by atoms with van der Waals surface area (Å²) in [6, 6.07) is 9.83. The molecule has 2 heterocycles. The Labute approximate surface area is 184 Å². The number of carbonyl (C=O) groups is 1. The van der Waals surface area contributed by atoms with Crippen molar-refractivity contribution in [1.82, 2.24) is 0 Å². The van der Waals surface area contributed by atoms with Gasteiger partial charge in [0.25, 0.3) is 0 Å². The van der Waals surface area contributed by atoms with E-state index in [1.807, 2.05) is 56.3 Å². The molecular weight excluding hydrogens is 392 g/mol. The van der Waals surface area contributed by atoms with Crippen LogP contribution in [0.25, 0.3) is 0 Å². The number of benzene rings is 1. The maximum atomic E-state index is 13.8. The van der Waals surface area contributed by atoms with Gasteiger partial charge in [-0.1, -0.05) is 48.6 Å². The van der Waals surface area contributed by atoms with Gasteiger partial charge in [-0.25, -0.2) is 0 Å². The second kappa shape index (κ2) is 8.47. The molecule has 1 aliphatic carbocycles. The Morgan fingerprint density at radius 1 is 1.13 bits per heavy atom. The van der Waals surface area contributed by atoms with E-state index in [4.69, 9.17) is 18.9 Å². The van der Waals surface area contributed by atoms with E-state index < -0.39 is 29.9 Å². The first-order valence-corrected chi connectivity index (χ1v) is 10.9. The van der Waals surface area contributed by atoms with Crippen molar-refractivity contribution in [2.75, 3.05) is 0 Å². The molecule has 2 saturated heterocycles. The van der Waals surface area contributed by atoms with Gasteiger partial charge in [-0.05, 0) is 44.1 Å². The smallest absolute Gasteiger partial charge is 0.191 e. The number of ketones is 1. The summed E-state index contributed by atoms with van der Waals surface area (Å²) in [5, 5.41) is 0. The number of fused-ring (bicyclic) bond motifs is 1. The van der Waals surface area contributed by atoms with Crippen LogP contribution < -0.4 is 0 Å². The first-order chi connectivity index (χ1) is 14.8. The van der Waals surface area contributed by atoms with E-state index in [0.717, 1.165) is 18.4 Å². The van der Waals surface area contributed by atoms with Gasteiger partial charge in [-0.15, -0.1) is 19.7 Å². The Kier molecular flexibility index (Phi) is 6.05. The van der Waals surface area contributed by atoms with E-state index in [2.05, 4.69) is 19.7 Å². The van der Waals surface area contributed by atoms with Crippen molar-refractivity contribution >= 4 is 5.78 Å². The maximum absolute atomic E-state index is 13.8. The van der Waals surface area contributed by atoms with Crippen LogP contribution in [0.2, 0.25) is 0 Å². The number of rotatable bonds is 8. The average molecular weight is 425 g/mol. The van der Waals surface area contributed by atoms with Crippen molar-refractivity contribution in [3.63, 3.8) is 0 Å². The molecule has 7 atom stereocenters. The molecule has 0 spiro atoms. The van der Waals surface area contributed by atoms with Gasteiger partial charge in [0.2, 0.25) is 0 Å². The molecule has 1 aromatic carbocycles. The molecule has 166 valence electrons. The zero-order valence-electron chi connectivity index (χ0n) is 18.4. The molecule has 0 unspecified atom stereocenters. The van der Waals surface area contributed by atoms with Crippen LogP contribution in [-0.2, 0) is 30.3 Å². The molecule has 1 saturated carbocycles. The molecule has 3 aliphatic rings. The Morgan fingerprint density at radius 3 is 2.52 bits per heavy atom. The van der Waals surface area contributed by atoms with Gasteiger partial charge in [0.1, 0.15) is 6.10 Å². The number of ether oxygens (including phenoxy) is 4. The third-order valence-corrected chi connectivity index (χ3v) is 6.74. The Morgan fingerprint density at radius 2 is 1.87 bits per heavy atom. The van der Waals surface area contributed by atoms with Gasteiger partial charge < -0.3 is 18.9 Å². The lowest BCUT2D eigenvalue weighted by molar-refractivity contribution is -0.229. The topological polar surface area (TPSA) is 54.0 Å². The molecule has 5 nitrogen and oxygen atoms in total. The Balaban J connectivity index is 1.65. The van der Waals surface area contributed by atoms with E-state index in [1.165, 1.54) is 0 Å². The average Bonchev–Trinajstić information content (AvgIpc) is 3.41. The predicted molar refractivity (Wildman–Crippen MR) is 118 cm³/mol. The van der Waals surface area contributed by atoms with Gasteiger partial charge >= 0.3 is 0 Å². The summed E-state index contributed by atoms with van der Waals surface area (Å²) in [5.74, 6) is -0.695. The van der Waals surface area contributed by atoms with Crippen molar-refractivity contribution in [3.8, 4) is 0 Å². The SMILES string of the molecule is C=C[C@H]1C[C@@H](C=C)[C@@H](C(=O)[C@H]2O[C@@H]3OC(C)(C)O[C@@H]3[C@]2(C=C)OCc2ccccc2)C1. The van der Waals surface area contributed by atoms with Crippen molar-refractivity contribution in [2.45, 2.75) is 63.2 Å². The maximum Gasteiger partial charge on any atom is 0.191 e. The number of allylic oxidation sites excluding steroid dienone is 2. The predicted octanol–water partition coefficient (Wildman–Crippen LogP) is 4.59. The molecule has 5 heteroatoms. The molecule has 31 heavy (non-hydrogen) atoms. The minimum Gasteiger partial charge on any atom is -0.360 e.